The van der Waals surface area contributed by atoms with Gasteiger partial charge in [0.25, 0.3) is 0 Å². The largest absolute Gasteiger partial charge is 0.456 e. The normalized spacial score (nSPS) is 11.4. The summed E-state index contributed by atoms with van der Waals surface area (Å²) in [4.78, 5) is 0. The zero-order chi connectivity index (χ0) is 20.1. The van der Waals surface area contributed by atoms with Gasteiger partial charge in [-0.1, -0.05) is 47.9 Å². The Hall–Kier alpha value is -1.63. The summed E-state index contributed by atoms with van der Waals surface area (Å²) < 4.78 is 15.9. The van der Waals surface area contributed by atoms with Crippen LogP contribution in [0.2, 0.25) is 20.5 Å². The summed E-state index contributed by atoms with van der Waals surface area (Å²) >= 11 is 7.23. The lowest BCUT2D eigenvalue weighted by atomic mass is 9.66. The van der Waals surface area contributed by atoms with Crippen molar-refractivity contribution in [2.45, 2.75) is 20.5 Å². The molecule has 5 aromatic rings. The Morgan fingerprint density at radius 3 is 1.83 bits per heavy atom. The third-order valence-electron chi connectivity index (χ3n) is 5.18. The second-order valence-corrected chi connectivity index (χ2v) is 9.39. The van der Waals surface area contributed by atoms with Gasteiger partial charge in [-0.05, 0) is 39.9 Å². The van der Waals surface area contributed by atoms with E-state index >= 15 is 0 Å². The predicted molar refractivity (Wildman–Crippen MR) is 134 cm³/mol. The first kappa shape index (κ1) is 19.3. The van der Waals surface area contributed by atoms with Crippen molar-refractivity contribution < 1.29 is 8.83 Å². The van der Waals surface area contributed by atoms with Gasteiger partial charge in [0.15, 0.2) is 14.6 Å². The molecule has 0 N–H and O–H groups in total. The van der Waals surface area contributed by atoms with Crippen molar-refractivity contribution in [3.63, 3.8) is 0 Å². The van der Waals surface area contributed by atoms with Gasteiger partial charge in [-0.2, -0.15) is 0 Å². The van der Waals surface area contributed by atoms with Crippen LogP contribution in [0.25, 0.3) is 43.2 Å². The summed E-state index contributed by atoms with van der Waals surface area (Å²) in [7, 11) is 6.38. The molecule has 0 saturated heterocycles. The van der Waals surface area contributed by atoms with Gasteiger partial charge in [0, 0.05) is 15.6 Å². The molecule has 4 aromatic heterocycles. The predicted octanol–water partition coefficient (Wildman–Crippen LogP) is 5.53. The van der Waals surface area contributed by atoms with Crippen molar-refractivity contribution in [2.75, 3.05) is 0 Å². The molecule has 0 fully saturated rings. The Morgan fingerprint density at radius 2 is 1.31 bits per heavy atom. The van der Waals surface area contributed by atoms with E-state index in [-0.39, 0.29) is 0 Å². The van der Waals surface area contributed by atoms with Gasteiger partial charge in [-0.25, -0.2) is 0 Å². The van der Waals surface area contributed by atoms with Gasteiger partial charge in [0.05, 0.1) is 9.40 Å². The molecule has 1 aromatic carbocycles. The van der Waals surface area contributed by atoms with Crippen molar-refractivity contribution in [3.05, 3.63) is 39.5 Å². The lowest BCUT2D eigenvalue weighted by Crippen LogP contribution is -2.20. The zero-order valence-electron chi connectivity index (χ0n) is 16.2. The number of benzene rings is 1. The van der Waals surface area contributed by atoms with Gasteiger partial charge in [-0.3, -0.25) is 0 Å². The van der Waals surface area contributed by atoms with E-state index in [1.165, 1.54) is 9.40 Å². The molecule has 0 amide bonds. The van der Waals surface area contributed by atoms with Crippen LogP contribution in [-0.2, 0) is 0 Å². The molecule has 139 valence electrons. The quantitative estimate of drug-likeness (QED) is 0.312. The molecule has 0 unspecified atom stereocenters. The highest BCUT2D eigenvalue weighted by Crippen LogP contribution is 2.36. The monoisotopic (exact) mass is 475 g/mol. The fourth-order valence-corrected chi connectivity index (χ4v) is 6.11. The summed E-state index contributed by atoms with van der Waals surface area (Å²) in [5.74, 6) is 1.82. The van der Waals surface area contributed by atoms with Crippen LogP contribution in [-0.4, -0.2) is 21.8 Å². The summed E-state index contributed by atoms with van der Waals surface area (Å²) in [6.45, 7) is 6.18. The highest BCUT2D eigenvalue weighted by molar-refractivity contribution is 9.10. The minimum absolute atomic E-state index is 0.901. The van der Waals surface area contributed by atoms with E-state index in [9.17, 15) is 0 Å². The van der Waals surface area contributed by atoms with E-state index in [0.29, 0.717) is 0 Å². The molecule has 0 bridgehead atoms. The lowest BCUT2D eigenvalue weighted by Gasteiger charge is -2.12. The average Bonchev–Trinajstić information content (AvgIpc) is 3.47. The van der Waals surface area contributed by atoms with E-state index in [4.69, 9.17) is 8.83 Å². The zero-order valence-corrected chi connectivity index (χ0v) is 19.4. The maximum atomic E-state index is 6.25. The Labute approximate surface area is 188 Å². The van der Waals surface area contributed by atoms with Gasteiger partial charge < -0.3 is 8.83 Å². The first-order valence-electron chi connectivity index (χ1n) is 9.38. The maximum Gasteiger partial charge on any atom is 0.155 e. The molecule has 2 nitrogen and oxygen atoms in total. The molecule has 0 saturated carbocycles. The van der Waals surface area contributed by atoms with E-state index in [0.717, 1.165) is 54.7 Å². The van der Waals surface area contributed by atoms with E-state index in [2.05, 4.69) is 81.1 Å². The molecule has 0 aliphatic heterocycles. The molecule has 5 rings (SSSR count). The van der Waals surface area contributed by atoms with E-state index in [1.54, 1.807) is 22.7 Å². The van der Waals surface area contributed by atoms with Gasteiger partial charge in [0.1, 0.15) is 30.0 Å². The fraction of sp³-hybridized carbons (Fsp3) is 0.143. The smallest absolute Gasteiger partial charge is 0.155 e. The molecule has 0 aliphatic carbocycles. The molecular weight excluding hydrogens is 461 g/mol. The summed E-state index contributed by atoms with van der Waals surface area (Å²) in [6.07, 6.45) is 0. The van der Waals surface area contributed by atoms with Crippen molar-refractivity contribution in [2.24, 2.45) is 0 Å². The molecule has 0 atom stereocenters. The van der Waals surface area contributed by atoms with Crippen molar-refractivity contribution in [1.82, 2.24) is 0 Å². The molecule has 3 radical (unpaired) electrons. The molecule has 8 heteroatoms. The molecular formula is C21H15B3BrO2S2. The van der Waals surface area contributed by atoms with E-state index in [1.807, 2.05) is 12.1 Å². The number of furan rings is 2. The highest BCUT2D eigenvalue weighted by atomic mass is 79.9. The van der Waals surface area contributed by atoms with Crippen molar-refractivity contribution >= 4 is 97.4 Å². The third kappa shape index (κ3) is 2.99. The molecule has 0 aliphatic rings. The second-order valence-electron chi connectivity index (χ2n) is 6.70. The van der Waals surface area contributed by atoms with Gasteiger partial charge >= 0.3 is 0 Å². The maximum absolute atomic E-state index is 6.25. The van der Waals surface area contributed by atoms with Crippen LogP contribution >= 0.6 is 38.6 Å². The Kier molecular flexibility index (Phi) is 5.05. The lowest BCUT2D eigenvalue weighted by molar-refractivity contribution is 0.632. The van der Waals surface area contributed by atoms with Crippen molar-refractivity contribution in [1.29, 1.82) is 0 Å². The average molecular weight is 476 g/mol. The third-order valence-corrected chi connectivity index (χ3v) is 7.69. The Morgan fingerprint density at radius 1 is 0.759 bits per heavy atom. The van der Waals surface area contributed by atoms with Crippen LogP contribution in [0, 0.1) is 0 Å². The molecule has 0 spiro atoms. The number of hydrogen-bond acceptors (Lipinski definition) is 4. The fourth-order valence-electron chi connectivity index (χ4n) is 3.81. The van der Waals surface area contributed by atoms with Crippen LogP contribution in [0.4, 0.5) is 0 Å². The van der Waals surface area contributed by atoms with Crippen LogP contribution < -0.4 is 16.4 Å². The Balaban J connectivity index is 1.72. The number of fused-ring (bicyclic) bond motifs is 2. The minimum atomic E-state index is 0.901. The van der Waals surface area contributed by atoms with Crippen LogP contribution in [0.1, 0.15) is 0 Å². The second kappa shape index (κ2) is 7.57. The first-order valence-corrected chi connectivity index (χ1v) is 11.9. The van der Waals surface area contributed by atoms with Gasteiger partial charge in [-0.15, -0.1) is 22.7 Å². The topological polar surface area (TPSA) is 26.3 Å². The first-order chi connectivity index (χ1) is 14.2. The van der Waals surface area contributed by atoms with Crippen LogP contribution in [0.15, 0.2) is 48.3 Å². The summed E-state index contributed by atoms with van der Waals surface area (Å²) in [5.41, 5.74) is 7.42. The summed E-state index contributed by atoms with van der Waals surface area (Å²) in [6, 6.07) is 8.40. The molecule has 4 heterocycles. The standard InChI is InChI=1S/C21H15B3BrO2S2/c1-22-12-8-11(19-17(24-3)21-15(27-19)5-7-29-21)13(25)9-10(12)18-16(23-2)20-14(26-18)4-6-28-20/h4-9H,1-3H3. The van der Waals surface area contributed by atoms with Crippen LogP contribution in [0.5, 0.6) is 0 Å². The molecule has 29 heavy (non-hydrogen) atoms. The Bertz CT molecular complexity index is 1350. The van der Waals surface area contributed by atoms with Crippen molar-refractivity contribution in [3.8, 4) is 22.6 Å². The number of rotatable bonds is 5. The van der Waals surface area contributed by atoms with Gasteiger partial charge in [0.2, 0.25) is 0 Å². The number of thiophene rings is 2. The summed E-state index contributed by atoms with van der Waals surface area (Å²) in [5, 5.41) is 4.14. The number of hydrogen-bond donors (Lipinski definition) is 0. The SMILES string of the molecule is C[B]c1cc(-c2oc3ccsc3c2[B]C)c(Br)cc1-c1oc2ccsc2c1[B]C. The van der Waals surface area contributed by atoms with E-state index < -0.39 is 0 Å². The number of halogens is 1. The minimum Gasteiger partial charge on any atom is -0.456 e. The highest BCUT2D eigenvalue weighted by Gasteiger charge is 2.22. The van der Waals surface area contributed by atoms with Crippen LogP contribution in [0.3, 0.4) is 0 Å².